The van der Waals surface area contributed by atoms with Gasteiger partial charge in [-0.2, -0.15) is 0 Å². The molecule has 94 valence electrons. The molecule has 0 bridgehead atoms. The van der Waals surface area contributed by atoms with Crippen LogP contribution < -0.4 is 10.2 Å². The summed E-state index contributed by atoms with van der Waals surface area (Å²) in [4.78, 5) is 14.5. The lowest BCUT2D eigenvalue weighted by atomic mass is 10.1. The average molecular weight is 242 g/mol. The van der Waals surface area contributed by atoms with Crippen molar-refractivity contribution in [3.05, 3.63) is 29.3 Å². The van der Waals surface area contributed by atoms with Crippen LogP contribution >= 0.6 is 0 Å². The highest BCUT2D eigenvalue weighted by Crippen LogP contribution is 2.41. The number of amides is 1. The Morgan fingerprint density at radius 3 is 3.06 bits per heavy atom. The summed E-state index contributed by atoms with van der Waals surface area (Å²) in [6.07, 6.45) is 3.32. The Bertz CT molecular complexity index is 515. The Labute approximate surface area is 107 Å². The minimum Gasteiger partial charge on any atom is -0.310 e. The summed E-state index contributed by atoms with van der Waals surface area (Å²) in [6.45, 7) is 2.96. The van der Waals surface area contributed by atoms with E-state index in [1.807, 2.05) is 4.90 Å². The van der Waals surface area contributed by atoms with Crippen LogP contribution in [0.2, 0.25) is 0 Å². The van der Waals surface area contributed by atoms with Gasteiger partial charge in [-0.1, -0.05) is 17.7 Å². The Kier molecular flexibility index (Phi) is 2.10. The quantitative estimate of drug-likeness (QED) is 0.812. The standard InChI is InChI=1S/C15H18N2O/c1-9-2-3-14-10(6-9)4-5-17(14)15(18)13-8-11-7-12(11)16-13/h2-3,6,11-13,16H,4-5,7-8H2,1H3/t11-,12-,13+/m1/s1. The molecule has 2 heterocycles. The molecule has 0 radical (unpaired) electrons. The number of anilines is 1. The Hall–Kier alpha value is -1.35. The van der Waals surface area contributed by atoms with Gasteiger partial charge < -0.3 is 10.2 Å². The van der Waals surface area contributed by atoms with Crippen molar-refractivity contribution in [2.45, 2.75) is 38.3 Å². The molecule has 2 fully saturated rings. The van der Waals surface area contributed by atoms with Crippen LogP contribution in [0.25, 0.3) is 0 Å². The van der Waals surface area contributed by atoms with Gasteiger partial charge in [0, 0.05) is 18.3 Å². The van der Waals surface area contributed by atoms with Crippen molar-refractivity contribution in [1.29, 1.82) is 0 Å². The van der Waals surface area contributed by atoms with Gasteiger partial charge in [0.2, 0.25) is 5.91 Å². The minimum atomic E-state index is 0.0704. The van der Waals surface area contributed by atoms with Gasteiger partial charge in [-0.15, -0.1) is 0 Å². The first-order valence-electron chi connectivity index (χ1n) is 6.89. The average Bonchev–Trinajstić information content (AvgIpc) is 2.81. The zero-order valence-corrected chi connectivity index (χ0v) is 10.6. The van der Waals surface area contributed by atoms with Crippen LogP contribution in [0.15, 0.2) is 18.2 Å². The third-order valence-corrected chi connectivity index (χ3v) is 4.57. The molecule has 1 aliphatic carbocycles. The van der Waals surface area contributed by atoms with E-state index in [1.165, 1.54) is 17.5 Å². The molecule has 18 heavy (non-hydrogen) atoms. The van der Waals surface area contributed by atoms with E-state index >= 15 is 0 Å². The second-order valence-corrected chi connectivity index (χ2v) is 5.93. The molecule has 3 aliphatic rings. The number of nitrogens with zero attached hydrogens (tertiary/aromatic N) is 1. The molecule has 0 spiro atoms. The van der Waals surface area contributed by atoms with Crippen LogP contribution in [0.1, 0.15) is 24.0 Å². The topological polar surface area (TPSA) is 32.3 Å². The first-order valence-corrected chi connectivity index (χ1v) is 6.89. The third-order valence-electron chi connectivity index (χ3n) is 4.57. The molecule has 0 unspecified atom stereocenters. The number of carbonyl (C=O) groups excluding carboxylic acids is 1. The number of carbonyl (C=O) groups is 1. The molecule has 1 saturated heterocycles. The van der Waals surface area contributed by atoms with Crippen molar-refractivity contribution < 1.29 is 4.79 Å². The lowest BCUT2D eigenvalue weighted by molar-refractivity contribution is -0.120. The van der Waals surface area contributed by atoms with Crippen LogP contribution in [0, 0.1) is 12.8 Å². The van der Waals surface area contributed by atoms with E-state index < -0.39 is 0 Å². The molecule has 1 N–H and O–H groups in total. The largest absolute Gasteiger partial charge is 0.310 e. The normalized spacial score (nSPS) is 32.3. The molecule has 1 aromatic carbocycles. The molecule has 2 aliphatic heterocycles. The van der Waals surface area contributed by atoms with Gasteiger partial charge >= 0.3 is 0 Å². The van der Waals surface area contributed by atoms with E-state index in [1.54, 1.807) is 0 Å². The summed E-state index contributed by atoms with van der Waals surface area (Å²) < 4.78 is 0. The molecule has 3 nitrogen and oxygen atoms in total. The van der Waals surface area contributed by atoms with Gasteiger partial charge in [0.25, 0.3) is 0 Å². The molecule has 1 aromatic rings. The van der Waals surface area contributed by atoms with E-state index in [0.29, 0.717) is 6.04 Å². The molecular formula is C15H18N2O. The van der Waals surface area contributed by atoms with Gasteiger partial charge in [-0.05, 0) is 43.7 Å². The maximum atomic E-state index is 12.5. The molecule has 1 saturated carbocycles. The summed E-state index contributed by atoms with van der Waals surface area (Å²) in [5.41, 5.74) is 3.74. The predicted molar refractivity (Wildman–Crippen MR) is 70.7 cm³/mol. The van der Waals surface area contributed by atoms with Gasteiger partial charge in [0.15, 0.2) is 0 Å². The highest BCUT2D eigenvalue weighted by atomic mass is 16.2. The van der Waals surface area contributed by atoms with Crippen molar-refractivity contribution in [3.63, 3.8) is 0 Å². The number of hydrogen-bond donors (Lipinski definition) is 1. The van der Waals surface area contributed by atoms with Crippen LogP contribution in [0.4, 0.5) is 5.69 Å². The number of aryl methyl sites for hydroxylation is 1. The number of rotatable bonds is 1. The fourth-order valence-electron chi connectivity index (χ4n) is 3.46. The fraction of sp³-hybridized carbons (Fsp3) is 0.533. The maximum Gasteiger partial charge on any atom is 0.244 e. The number of piperidine rings is 1. The van der Waals surface area contributed by atoms with Crippen molar-refractivity contribution in [2.24, 2.45) is 5.92 Å². The molecule has 0 aromatic heterocycles. The van der Waals surface area contributed by atoms with E-state index in [2.05, 4.69) is 30.4 Å². The van der Waals surface area contributed by atoms with E-state index in [4.69, 9.17) is 0 Å². The van der Waals surface area contributed by atoms with Crippen molar-refractivity contribution in [3.8, 4) is 0 Å². The second-order valence-electron chi connectivity index (χ2n) is 5.93. The molecule has 1 amide bonds. The SMILES string of the molecule is Cc1ccc2c(c1)CCN2C(=O)[C@@H]1C[C@H]2C[C@H]2N1. The predicted octanol–water partition coefficient (Wildman–Crippen LogP) is 1.63. The lowest BCUT2D eigenvalue weighted by Gasteiger charge is -2.22. The summed E-state index contributed by atoms with van der Waals surface area (Å²) in [7, 11) is 0. The number of benzene rings is 1. The van der Waals surface area contributed by atoms with Gasteiger partial charge in [0.1, 0.15) is 0 Å². The minimum absolute atomic E-state index is 0.0704. The van der Waals surface area contributed by atoms with E-state index in [-0.39, 0.29) is 11.9 Å². The monoisotopic (exact) mass is 242 g/mol. The highest BCUT2D eigenvalue weighted by Gasteiger charge is 2.49. The van der Waals surface area contributed by atoms with Crippen LogP contribution in [-0.4, -0.2) is 24.5 Å². The molecule has 3 atom stereocenters. The number of hydrogen-bond acceptors (Lipinski definition) is 2. The van der Waals surface area contributed by atoms with Gasteiger partial charge in [0.05, 0.1) is 6.04 Å². The van der Waals surface area contributed by atoms with Crippen LogP contribution in [-0.2, 0) is 11.2 Å². The zero-order chi connectivity index (χ0) is 12.3. The smallest absolute Gasteiger partial charge is 0.244 e. The first kappa shape index (κ1) is 10.6. The fourth-order valence-corrected chi connectivity index (χ4v) is 3.46. The second kappa shape index (κ2) is 3.58. The summed E-state index contributed by atoms with van der Waals surface area (Å²) >= 11 is 0. The summed E-state index contributed by atoms with van der Waals surface area (Å²) in [5, 5.41) is 3.46. The Morgan fingerprint density at radius 1 is 1.39 bits per heavy atom. The third kappa shape index (κ3) is 1.50. The van der Waals surface area contributed by atoms with Crippen molar-refractivity contribution >= 4 is 11.6 Å². The highest BCUT2D eigenvalue weighted by molar-refractivity contribution is 5.99. The Morgan fingerprint density at radius 2 is 2.28 bits per heavy atom. The molecule has 4 rings (SSSR count). The maximum absolute atomic E-state index is 12.5. The first-order chi connectivity index (χ1) is 8.72. The summed E-state index contributed by atoms with van der Waals surface area (Å²) in [6, 6.07) is 7.12. The lowest BCUT2D eigenvalue weighted by Crippen LogP contribution is -2.44. The number of fused-ring (bicyclic) bond motifs is 2. The zero-order valence-electron chi connectivity index (χ0n) is 10.6. The number of nitrogens with one attached hydrogen (secondary N) is 1. The van der Waals surface area contributed by atoms with Gasteiger partial charge in [-0.25, -0.2) is 0 Å². The van der Waals surface area contributed by atoms with E-state index in [0.717, 1.165) is 31.0 Å². The van der Waals surface area contributed by atoms with Crippen LogP contribution in [0.5, 0.6) is 0 Å². The molecule has 3 heteroatoms. The van der Waals surface area contributed by atoms with Gasteiger partial charge in [-0.3, -0.25) is 4.79 Å². The van der Waals surface area contributed by atoms with E-state index in [9.17, 15) is 4.79 Å². The Balaban J connectivity index is 1.58. The molecular weight excluding hydrogens is 224 g/mol. The van der Waals surface area contributed by atoms with Crippen molar-refractivity contribution in [1.82, 2.24) is 5.32 Å². The summed E-state index contributed by atoms with van der Waals surface area (Å²) in [5.74, 6) is 1.06. The van der Waals surface area contributed by atoms with Crippen LogP contribution in [0.3, 0.4) is 0 Å². The van der Waals surface area contributed by atoms with Crippen molar-refractivity contribution in [2.75, 3.05) is 11.4 Å².